The number of aromatic nitrogens is 2. The third-order valence-electron chi connectivity index (χ3n) is 4.18. The maximum absolute atomic E-state index is 12.7. The van der Waals surface area contributed by atoms with Gasteiger partial charge in [-0.15, -0.1) is 0 Å². The van der Waals surface area contributed by atoms with Crippen LogP contribution in [0.2, 0.25) is 0 Å². The number of hydrogen-bond acceptors (Lipinski definition) is 2. The number of alkyl halides is 2. The first kappa shape index (κ1) is 11.1. The molecule has 0 aromatic carbocycles. The Balaban J connectivity index is 1.72. The summed E-state index contributed by atoms with van der Waals surface area (Å²) in [5.41, 5.74) is 0.721. The molecule has 1 saturated carbocycles. The summed E-state index contributed by atoms with van der Waals surface area (Å²) in [4.78, 5) is 2.43. The van der Waals surface area contributed by atoms with Crippen molar-refractivity contribution in [3.63, 3.8) is 0 Å². The van der Waals surface area contributed by atoms with Gasteiger partial charge in [-0.05, 0) is 31.7 Å². The molecule has 1 aromatic rings. The smallest absolute Gasteiger partial charge is 0.300 e. The van der Waals surface area contributed by atoms with Gasteiger partial charge in [-0.25, -0.2) is 4.68 Å². The molecule has 1 saturated heterocycles. The summed E-state index contributed by atoms with van der Waals surface area (Å²) in [6.07, 6.45) is 1.48. The van der Waals surface area contributed by atoms with Crippen LogP contribution in [0, 0.1) is 11.8 Å². The van der Waals surface area contributed by atoms with Crippen molar-refractivity contribution in [2.24, 2.45) is 11.8 Å². The molecule has 5 heteroatoms. The molecule has 1 aliphatic carbocycles. The van der Waals surface area contributed by atoms with Gasteiger partial charge in [0, 0.05) is 36.9 Å². The van der Waals surface area contributed by atoms with Gasteiger partial charge in [0.1, 0.15) is 0 Å². The van der Waals surface area contributed by atoms with E-state index in [9.17, 15) is 8.78 Å². The largest absolute Gasteiger partial charge is 0.333 e. The molecule has 0 radical (unpaired) electrons. The van der Waals surface area contributed by atoms with Crippen LogP contribution in [0.25, 0.3) is 0 Å². The van der Waals surface area contributed by atoms with E-state index in [1.165, 1.54) is 6.20 Å². The maximum atomic E-state index is 12.7. The molecule has 2 unspecified atom stereocenters. The molecule has 2 fully saturated rings. The van der Waals surface area contributed by atoms with Crippen LogP contribution in [-0.2, 0) is 0 Å². The highest BCUT2D eigenvalue weighted by molar-refractivity contribution is 5.25. The van der Waals surface area contributed by atoms with E-state index in [2.05, 4.69) is 23.8 Å². The molecule has 3 rings (SSSR count). The highest BCUT2D eigenvalue weighted by Gasteiger charge is 2.57. The number of piperidine rings is 1. The van der Waals surface area contributed by atoms with Gasteiger partial charge in [-0.1, -0.05) is 0 Å². The Morgan fingerprint density at radius 2 is 1.94 bits per heavy atom. The van der Waals surface area contributed by atoms with Gasteiger partial charge in [0.05, 0.1) is 0 Å². The summed E-state index contributed by atoms with van der Waals surface area (Å²) in [5, 5.41) is 3.71. The highest BCUT2D eigenvalue weighted by Crippen LogP contribution is 2.58. The van der Waals surface area contributed by atoms with E-state index in [1.807, 2.05) is 0 Å². The van der Waals surface area contributed by atoms with Crippen LogP contribution in [-0.4, -0.2) is 33.8 Å². The summed E-state index contributed by atoms with van der Waals surface area (Å²) >= 11 is 0. The normalized spacial score (nSPS) is 32.5. The molecule has 2 atom stereocenters. The van der Waals surface area contributed by atoms with Crippen molar-refractivity contribution in [3.05, 3.63) is 18.0 Å². The first-order valence-electron chi connectivity index (χ1n) is 6.15. The van der Waals surface area contributed by atoms with Crippen molar-refractivity contribution in [3.8, 4) is 0 Å². The van der Waals surface area contributed by atoms with Gasteiger partial charge in [-0.3, -0.25) is 0 Å². The Labute approximate surface area is 99.4 Å². The van der Waals surface area contributed by atoms with Gasteiger partial charge in [-0.2, -0.15) is 13.9 Å². The van der Waals surface area contributed by atoms with E-state index in [4.69, 9.17) is 0 Å². The number of rotatable bonds is 3. The monoisotopic (exact) mass is 241 g/mol. The third kappa shape index (κ3) is 1.68. The molecule has 0 amide bonds. The zero-order chi connectivity index (χ0) is 12.2. The molecule has 94 valence electrons. The quantitative estimate of drug-likeness (QED) is 0.810. The van der Waals surface area contributed by atoms with Crippen molar-refractivity contribution in [1.29, 1.82) is 0 Å². The molecular formula is C12H17F2N3. The van der Waals surface area contributed by atoms with E-state index in [0.29, 0.717) is 23.8 Å². The lowest BCUT2D eigenvalue weighted by molar-refractivity contribution is 0.0527. The molecule has 2 heterocycles. The van der Waals surface area contributed by atoms with Crippen LogP contribution in [0.4, 0.5) is 8.78 Å². The maximum Gasteiger partial charge on any atom is 0.333 e. The standard InChI is InChI=1S/C12H17F2N3/c1-7(2)16-5-8-9(6-16)11(8)10-3-4-15-17(10)12(13)14/h3-4,7-9,11-12H,5-6H2,1-2H3. The van der Waals surface area contributed by atoms with Crippen LogP contribution < -0.4 is 0 Å². The molecule has 2 aliphatic rings. The first-order chi connectivity index (χ1) is 8.09. The number of likely N-dealkylation sites (tertiary alicyclic amines) is 1. The van der Waals surface area contributed by atoms with Crippen molar-refractivity contribution in [2.75, 3.05) is 13.1 Å². The topological polar surface area (TPSA) is 21.1 Å². The summed E-state index contributed by atoms with van der Waals surface area (Å²) in [5.74, 6) is 1.43. The number of halogens is 2. The van der Waals surface area contributed by atoms with Crippen LogP contribution in [0.3, 0.4) is 0 Å². The lowest BCUT2D eigenvalue weighted by atomic mass is 10.2. The molecule has 0 N–H and O–H groups in total. The van der Waals surface area contributed by atoms with Gasteiger partial charge in [0.25, 0.3) is 0 Å². The van der Waals surface area contributed by atoms with Crippen molar-refractivity contribution < 1.29 is 8.78 Å². The average molecular weight is 241 g/mol. The molecule has 1 aromatic heterocycles. The second-order valence-corrected chi connectivity index (χ2v) is 5.38. The molecule has 0 bridgehead atoms. The van der Waals surface area contributed by atoms with Crippen LogP contribution >= 0.6 is 0 Å². The van der Waals surface area contributed by atoms with E-state index in [0.717, 1.165) is 23.5 Å². The Kier molecular flexibility index (Phi) is 2.47. The minimum absolute atomic E-state index is 0.307. The van der Waals surface area contributed by atoms with E-state index in [-0.39, 0.29) is 0 Å². The SMILES string of the molecule is CC(C)N1CC2C(C1)C2c1ccnn1C(F)F. The summed E-state index contributed by atoms with van der Waals surface area (Å²) in [6.45, 7) is 3.94. The first-order valence-corrected chi connectivity index (χ1v) is 6.15. The number of fused-ring (bicyclic) bond motifs is 1. The summed E-state index contributed by atoms with van der Waals surface area (Å²) in [7, 11) is 0. The fraction of sp³-hybridized carbons (Fsp3) is 0.750. The van der Waals surface area contributed by atoms with Crippen molar-refractivity contribution in [2.45, 2.75) is 32.4 Å². The predicted octanol–water partition coefficient (Wildman–Crippen LogP) is 2.33. The highest BCUT2D eigenvalue weighted by atomic mass is 19.3. The van der Waals surface area contributed by atoms with Crippen molar-refractivity contribution in [1.82, 2.24) is 14.7 Å². The lowest BCUT2D eigenvalue weighted by Crippen LogP contribution is -2.31. The fourth-order valence-electron chi connectivity index (χ4n) is 3.17. The van der Waals surface area contributed by atoms with E-state index < -0.39 is 6.55 Å². The summed E-state index contributed by atoms with van der Waals surface area (Å²) in [6, 6.07) is 2.30. The van der Waals surface area contributed by atoms with E-state index in [1.54, 1.807) is 6.07 Å². The average Bonchev–Trinajstić information content (AvgIpc) is 2.75. The molecular weight excluding hydrogens is 224 g/mol. The molecule has 1 aliphatic heterocycles. The van der Waals surface area contributed by atoms with E-state index >= 15 is 0 Å². The zero-order valence-corrected chi connectivity index (χ0v) is 10.1. The lowest BCUT2D eigenvalue weighted by Gasteiger charge is -2.23. The molecule has 17 heavy (non-hydrogen) atoms. The fourth-order valence-corrected chi connectivity index (χ4v) is 3.17. The van der Waals surface area contributed by atoms with Gasteiger partial charge in [0.15, 0.2) is 0 Å². The third-order valence-corrected chi connectivity index (χ3v) is 4.18. The second-order valence-electron chi connectivity index (χ2n) is 5.38. The molecule has 3 nitrogen and oxygen atoms in total. The van der Waals surface area contributed by atoms with Gasteiger partial charge >= 0.3 is 6.55 Å². The van der Waals surface area contributed by atoms with Gasteiger partial charge in [0.2, 0.25) is 0 Å². The number of nitrogens with zero attached hydrogens (tertiary/aromatic N) is 3. The molecule has 0 spiro atoms. The Hall–Kier alpha value is -0.970. The van der Waals surface area contributed by atoms with Crippen LogP contribution in [0.15, 0.2) is 12.3 Å². The van der Waals surface area contributed by atoms with Crippen molar-refractivity contribution >= 4 is 0 Å². The van der Waals surface area contributed by atoms with Crippen LogP contribution in [0.5, 0.6) is 0 Å². The summed E-state index contributed by atoms with van der Waals surface area (Å²) < 4.78 is 26.3. The second kappa shape index (κ2) is 3.77. The van der Waals surface area contributed by atoms with Crippen LogP contribution in [0.1, 0.15) is 32.0 Å². The predicted molar refractivity (Wildman–Crippen MR) is 59.9 cm³/mol. The minimum Gasteiger partial charge on any atom is -0.300 e. The minimum atomic E-state index is -2.51. The van der Waals surface area contributed by atoms with Gasteiger partial charge < -0.3 is 4.90 Å². The Morgan fingerprint density at radius 1 is 1.29 bits per heavy atom. The Bertz CT molecular complexity index is 404. The number of hydrogen-bond donors (Lipinski definition) is 0. The zero-order valence-electron chi connectivity index (χ0n) is 10.1. The Morgan fingerprint density at radius 3 is 2.47 bits per heavy atom.